The highest BCUT2D eigenvalue weighted by Gasteiger charge is 2.15. The van der Waals surface area contributed by atoms with Crippen molar-refractivity contribution in [3.8, 4) is 11.3 Å². The predicted molar refractivity (Wildman–Crippen MR) is 70.7 cm³/mol. The Balaban J connectivity index is 0.00000133. The van der Waals surface area contributed by atoms with Crippen LogP contribution in [0.25, 0.3) is 22.0 Å². The fourth-order valence-corrected chi connectivity index (χ4v) is 2.18. The molecule has 0 aliphatic heterocycles. The van der Waals surface area contributed by atoms with Crippen LogP contribution in [0.15, 0.2) is 54.6 Å². The molecule has 1 heterocycles. The Morgan fingerprint density at radius 3 is 2.11 bits per heavy atom. The maximum absolute atomic E-state index is 11.2. The third-order valence-electron chi connectivity index (χ3n) is 2.99. The topological polar surface area (TPSA) is 53.1 Å². The van der Waals surface area contributed by atoms with Crippen LogP contribution in [0.2, 0.25) is 0 Å². The first-order valence-corrected chi connectivity index (χ1v) is 5.67. The minimum absolute atomic E-state index is 0. The summed E-state index contributed by atoms with van der Waals surface area (Å²) < 4.78 is 0. The molecule has 19 heavy (non-hydrogen) atoms. The van der Waals surface area contributed by atoms with E-state index in [1.165, 1.54) is 0 Å². The predicted octanol–water partition coefficient (Wildman–Crippen LogP) is 0.537. The number of nitrogens with one attached hydrogen (secondary N) is 1. The van der Waals surface area contributed by atoms with Gasteiger partial charge in [-0.3, -0.25) is 0 Å². The summed E-state index contributed by atoms with van der Waals surface area (Å²) in [4.78, 5) is 14.2. The first kappa shape index (κ1) is 13.2. The van der Waals surface area contributed by atoms with Crippen molar-refractivity contribution in [3.05, 3.63) is 60.3 Å². The highest BCUT2D eigenvalue weighted by molar-refractivity contribution is 6.08. The first-order chi connectivity index (χ1) is 8.77. The number of hydrogen-bond donors (Lipinski definition) is 2. The number of halogens is 1. The van der Waals surface area contributed by atoms with Crippen molar-refractivity contribution in [2.45, 2.75) is 0 Å². The molecule has 0 amide bonds. The number of aromatic carboxylic acids is 1. The largest absolute Gasteiger partial charge is 1.00 e. The summed E-state index contributed by atoms with van der Waals surface area (Å²) in [5.41, 5.74) is 2.08. The molecule has 96 valence electrons. The fraction of sp³-hybridized carbons (Fsp3) is 0. The molecule has 0 unspecified atom stereocenters. The number of carboxylic acid groups (broad SMARTS) is 1. The molecule has 1 aromatic heterocycles. The summed E-state index contributed by atoms with van der Waals surface area (Å²) in [7, 11) is 0. The maximum atomic E-state index is 11.2. The number of carboxylic acids is 1. The van der Waals surface area contributed by atoms with Crippen molar-refractivity contribution in [2.75, 3.05) is 0 Å². The van der Waals surface area contributed by atoms with Crippen LogP contribution in [-0.2, 0) is 0 Å². The minimum atomic E-state index is -0.937. The molecule has 0 aliphatic rings. The van der Waals surface area contributed by atoms with Crippen LogP contribution in [0, 0.1) is 0 Å². The third-order valence-corrected chi connectivity index (χ3v) is 2.99. The van der Waals surface area contributed by atoms with E-state index < -0.39 is 5.97 Å². The Morgan fingerprint density at radius 1 is 0.895 bits per heavy atom. The zero-order chi connectivity index (χ0) is 12.5. The molecule has 4 heteroatoms. The van der Waals surface area contributed by atoms with E-state index in [2.05, 4.69) is 4.98 Å². The van der Waals surface area contributed by atoms with E-state index in [4.69, 9.17) is 0 Å². The van der Waals surface area contributed by atoms with Gasteiger partial charge in [0.25, 0.3) is 0 Å². The van der Waals surface area contributed by atoms with Gasteiger partial charge in [-0.15, -0.1) is 0 Å². The van der Waals surface area contributed by atoms with Gasteiger partial charge in [-0.1, -0.05) is 54.6 Å². The summed E-state index contributed by atoms with van der Waals surface area (Å²) in [6.45, 7) is 0. The van der Waals surface area contributed by atoms with Crippen molar-refractivity contribution >= 4 is 16.7 Å². The molecule has 0 fully saturated rings. The smallest absolute Gasteiger partial charge is 0.352 e. The van der Waals surface area contributed by atoms with Gasteiger partial charge in [0, 0.05) is 10.8 Å². The number of aromatic nitrogens is 1. The Labute approximate surface area is 116 Å². The van der Waals surface area contributed by atoms with E-state index in [0.717, 1.165) is 22.0 Å². The standard InChI is InChI=1S/C15H11NO2.ClH/c17-15(18)14-12-9-5-4-8-11(12)13(16-14)10-6-2-1-3-7-10;/h1-9,16H,(H,17,18);1H/p-1. The highest BCUT2D eigenvalue weighted by atomic mass is 35.5. The third kappa shape index (κ3) is 2.20. The number of aromatic amines is 1. The molecule has 3 rings (SSSR count). The van der Waals surface area contributed by atoms with Gasteiger partial charge < -0.3 is 22.5 Å². The molecular weight excluding hydrogens is 262 g/mol. The van der Waals surface area contributed by atoms with Gasteiger partial charge in [-0.05, 0) is 5.56 Å². The van der Waals surface area contributed by atoms with Crippen LogP contribution in [0.1, 0.15) is 10.5 Å². The molecule has 0 spiro atoms. The van der Waals surface area contributed by atoms with Crippen LogP contribution in [0.4, 0.5) is 0 Å². The Bertz CT molecular complexity index is 719. The second kappa shape index (κ2) is 5.16. The molecule has 0 saturated carbocycles. The molecule has 3 aromatic rings. The molecular formula is C15H11ClNO2-. The van der Waals surface area contributed by atoms with Gasteiger partial charge in [-0.25, -0.2) is 4.79 Å². The number of H-pyrrole nitrogens is 1. The second-order valence-corrected chi connectivity index (χ2v) is 4.09. The summed E-state index contributed by atoms with van der Waals surface area (Å²) in [6.07, 6.45) is 0. The van der Waals surface area contributed by atoms with Crippen molar-refractivity contribution in [2.24, 2.45) is 0 Å². The number of fused-ring (bicyclic) bond motifs is 1. The van der Waals surface area contributed by atoms with E-state index in [9.17, 15) is 9.90 Å². The van der Waals surface area contributed by atoms with Crippen LogP contribution < -0.4 is 12.4 Å². The van der Waals surface area contributed by atoms with Crippen LogP contribution >= 0.6 is 0 Å². The lowest BCUT2D eigenvalue weighted by atomic mass is 10.1. The monoisotopic (exact) mass is 272 g/mol. The van der Waals surface area contributed by atoms with Crippen molar-refractivity contribution in [3.63, 3.8) is 0 Å². The summed E-state index contributed by atoms with van der Waals surface area (Å²) in [5.74, 6) is -0.937. The highest BCUT2D eigenvalue weighted by Crippen LogP contribution is 2.30. The van der Waals surface area contributed by atoms with Gasteiger partial charge >= 0.3 is 5.97 Å². The molecule has 0 saturated heterocycles. The Kier molecular flexibility index (Phi) is 3.58. The molecule has 3 nitrogen and oxygen atoms in total. The van der Waals surface area contributed by atoms with Crippen LogP contribution in [0.3, 0.4) is 0 Å². The van der Waals surface area contributed by atoms with Crippen LogP contribution in [-0.4, -0.2) is 16.1 Å². The minimum Gasteiger partial charge on any atom is -1.00 e. The zero-order valence-corrected chi connectivity index (χ0v) is 10.7. The van der Waals surface area contributed by atoms with Crippen molar-refractivity contribution in [1.29, 1.82) is 0 Å². The van der Waals surface area contributed by atoms with Gasteiger partial charge in [0.2, 0.25) is 0 Å². The summed E-state index contributed by atoms with van der Waals surface area (Å²) in [6, 6.07) is 17.2. The quantitative estimate of drug-likeness (QED) is 0.715. The van der Waals surface area contributed by atoms with Gasteiger partial charge in [0.15, 0.2) is 0 Å². The van der Waals surface area contributed by atoms with Gasteiger partial charge in [-0.2, -0.15) is 0 Å². The molecule has 0 radical (unpaired) electrons. The lowest BCUT2D eigenvalue weighted by Gasteiger charge is -1.98. The Morgan fingerprint density at radius 2 is 1.47 bits per heavy atom. The number of hydrogen-bond acceptors (Lipinski definition) is 1. The SMILES string of the molecule is O=C(O)c1[nH]c(-c2ccccc2)c2ccccc12.[Cl-]. The number of carbonyl (C=O) groups is 1. The molecule has 0 bridgehead atoms. The Hall–Kier alpha value is -2.26. The lowest BCUT2D eigenvalue weighted by Crippen LogP contribution is -3.00. The van der Waals surface area contributed by atoms with Gasteiger partial charge in [0.1, 0.15) is 5.69 Å². The maximum Gasteiger partial charge on any atom is 0.352 e. The molecule has 2 aromatic carbocycles. The van der Waals surface area contributed by atoms with E-state index in [-0.39, 0.29) is 18.1 Å². The first-order valence-electron chi connectivity index (χ1n) is 5.67. The number of benzene rings is 2. The second-order valence-electron chi connectivity index (χ2n) is 4.09. The van der Waals surface area contributed by atoms with Gasteiger partial charge in [0.05, 0.1) is 5.69 Å². The lowest BCUT2D eigenvalue weighted by molar-refractivity contribution is -0.0000190. The fourth-order valence-electron chi connectivity index (χ4n) is 2.18. The molecule has 0 aliphatic carbocycles. The molecule has 2 N–H and O–H groups in total. The summed E-state index contributed by atoms with van der Waals surface area (Å²) in [5, 5.41) is 10.9. The van der Waals surface area contributed by atoms with E-state index in [1.807, 2.05) is 54.6 Å². The van der Waals surface area contributed by atoms with Crippen molar-refractivity contribution in [1.82, 2.24) is 4.98 Å². The average Bonchev–Trinajstić information content (AvgIpc) is 2.79. The van der Waals surface area contributed by atoms with Crippen LogP contribution in [0.5, 0.6) is 0 Å². The average molecular weight is 273 g/mol. The molecule has 0 atom stereocenters. The van der Waals surface area contributed by atoms with E-state index in [1.54, 1.807) is 0 Å². The summed E-state index contributed by atoms with van der Waals surface area (Å²) >= 11 is 0. The zero-order valence-electron chi connectivity index (χ0n) is 9.93. The number of rotatable bonds is 2. The normalized spacial score (nSPS) is 10.1. The van der Waals surface area contributed by atoms with E-state index in [0.29, 0.717) is 0 Å². The van der Waals surface area contributed by atoms with Crippen molar-refractivity contribution < 1.29 is 22.3 Å². The van der Waals surface area contributed by atoms with E-state index >= 15 is 0 Å².